The van der Waals surface area contributed by atoms with Crippen LogP contribution in [0.4, 0.5) is 0 Å². The van der Waals surface area contributed by atoms with Crippen molar-refractivity contribution in [1.29, 1.82) is 0 Å². The third-order valence-corrected chi connectivity index (χ3v) is 2.26. The van der Waals surface area contributed by atoms with Crippen molar-refractivity contribution in [1.82, 2.24) is 0 Å². The molecule has 0 unspecified atom stereocenters. The van der Waals surface area contributed by atoms with Crippen molar-refractivity contribution in [2.45, 2.75) is 0 Å². The molecule has 0 bridgehead atoms. The Labute approximate surface area is 99.6 Å². The van der Waals surface area contributed by atoms with Gasteiger partial charge >= 0.3 is 5.97 Å². The van der Waals surface area contributed by atoms with Gasteiger partial charge in [-0.1, -0.05) is 24.3 Å². The van der Waals surface area contributed by atoms with Crippen LogP contribution >= 0.6 is 0 Å². The summed E-state index contributed by atoms with van der Waals surface area (Å²) in [5, 5.41) is 0. The normalized spacial score (nSPS) is 9.71. The van der Waals surface area contributed by atoms with Crippen LogP contribution in [0.15, 0.2) is 54.6 Å². The third kappa shape index (κ3) is 2.84. The molecule has 0 spiro atoms. The lowest BCUT2D eigenvalue weighted by atomic mass is 10.2. The predicted molar refractivity (Wildman–Crippen MR) is 64.4 cm³/mol. The molecule has 0 aromatic heterocycles. The Hall–Kier alpha value is -2.29. The van der Waals surface area contributed by atoms with Crippen LogP contribution in [-0.4, -0.2) is 13.1 Å². The van der Waals surface area contributed by atoms with Crippen LogP contribution in [-0.2, 0) is 0 Å². The van der Waals surface area contributed by atoms with Gasteiger partial charge in [0.25, 0.3) is 0 Å². The van der Waals surface area contributed by atoms with Crippen LogP contribution in [0.25, 0.3) is 0 Å². The maximum absolute atomic E-state index is 11.8. The summed E-state index contributed by atoms with van der Waals surface area (Å²) < 4.78 is 10.3. The van der Waals surface area contributed by atoms with Gasteiger partial charge in [0, 0.05) is 6.07 Å². The van der Waals surface area contributed by atoms with Gasteiger partial charge in [0.1, 0.15) is 11.5 Å². The fourth-order valence-corrected chi connectivity index (χ4v) is 1.40. The maximum atomic E-state index is 11.8. The smallest absolute Gasteiger partial charge is 0.343 e. The summed E-state index contributed by atoms with van der Waals surface area (Å²) in [5.41, 5.74) is 0.523. The molecule has 0 heterocycles. The number of hydrogen-bond donors (Lipinski definition) is 0. The largest absolute Gasteiger partial charge is 0.497 e. The minimum Gasteiger partial charge on any atom is -0.497 e. The van der Waals surface area contributed by atoms with E-state index >= 15 is 0 Å². The standard InChI is InChI=1S/C14H12O3/c1-16-12-8-5-9-13(10-12)17-14(15)11-6-3-2-4-7-11/h2-10H,1H3. The van der Waals surface area contributed by atoms with Crippen LogP contribution in [0.3, 0.4) is 0 Å². The van der Waals surface area contributed by atoms with E-state index in [-0.39, 0.29) is 5.97 Å². The minimum absolute atomic E-state index is 0.376. The number of methoxy groups -OCH3 is 1. The summed E-state index contributed by atoms with van der Waals surface area (Å²) >= 11 is 0. The van der Waals surface area contributed by atoms with Gasteiger partial charge in [-0.2, -0.15) is 0 Å². The predicted octanol–water partition coefficient (Wildman–Crippen LogP) is 2.91. The molecule has 86 valence electrons. The van der Waals surface area contributed by atoms with Gasteiger partial charge in [-0.05, 0) is 24.3 Å². The Morgan fingerprint density at radius 3 is 2.35 bits per heavy atom. The average Bonchev–Trinajstić information content (AvgIpc) is 2.40. The van der Waals surface area contributed by atoms with E-state index in [1.165, 1.54) is 0 Å². The summed E-state index contributed by atoms with van der Waals surface area (Å²) in [4.78, 5) is 11.8. The molecule has 0 atom stereocenters. The molecule has 0 amide bonds. The Balaban J connectivity index is 2.13. The molecule has 0 saturated carbocycles. The second kappa shape index (κ2) is 5.16. The molecule has 0 aliphatic heterocycles. The van der Waals surface area contributed by atoms with Crippen molar-refractivity contribution in [2.24, 2.45) is 0 Å². The minimum atomic E-state index is -0.376. The van der Waals surface area contributed by atoms with Gasteiger partial charge in [-0.25, -0.2) is 4.79 Å². The lowest BCUT2D eigenvalue weighted by molar-refractivity contribution is 0.0734. The average molecular weight is 228 g/mol. The van der Waals surface area contributed by atoms with Crippen LogP contribution in [0.5, 0.6) is 11.5 Å². The number of carbonyl (C=O) groups excluding carboxylic acids is 1. The molecule has 0 N–H and O–H groups in total. The monoisotopic (exact) mass is 228 g/mol. The molecular weight excluding hydrogens is 216 g/mol. The van der Waals surface area contributed by atoms with Gasteiger partial charge in [-0.3, -0.25) is 0 Å². The van der Waals surface area contributed by atoms with E-state index in [4.69, 9.17) is 9.47 Å². The first-order valence-corrected chi connectivity index (χ1v) is 5.21. The lowest BCUT2D eigenvalue weighted by Crippen LogP contribution is -2.08. The van der Waals surface area contributed by atoms with E-state index in [1.54, 1.807) is 55.6 Å². The fraction of sp³-hybridized carbons (Fsp3) is 0.0714. The molecule has 0 saturated heterocycles. The molecule has 2 aromatic rings. The Morgan fingerprint density at radius 2 is 1.65 bits per heavy atom. The first-order chi connectivity index (χ1) is 8.29. The molecule has 0 aliphatic carbocycles. The highest BCUT2D eigenvalue weighted by atomic mass is 16.5. The third-order valence-electron chi connectivity index (χ3n) is 2.26. The van der Waals surface area contributed by atoms with Crippen molar-refractivity contribution in [3.63, 3.8) is 0 Å². The highest BCUT2D eigenvalue weighted by Gasteiger charge is 2.07. The number of carbonyl (C=O) groups is 1. The summed E-state index contributed by atoms with van der Waals surface area (Å²) in [6.45, 7) is 0. The lowest BCUT2D eigenvalue weighted by Gasteiger charge is -2.05. The molecule has 17 heavy (non-hydrogen) atoms. The SMILES string of the molecule is COc1cccc(OC(=O)c2ccccc2)c1. The van der Waals surface area contributed by atoms with Crippen molar-refractivity contribution >= 4 is 5.97 Å². The quantitative estimate of drug-likeness (QED) is 0.598. The fourth-order valence-electron chi connectivity index (χ4n) is 1.40. The van der Waals surface area contributed by atoms with Crippen molar-refractivity contribution < 1.29 is 14.3 Å². The molecule has 2 aromatic carbocycles. The van der Waals surface area contributed by atoms with Gasteiger partial charge in [0.2, 0.25) is 0 Å². The summed E-state index contributed by atoms with van der Waals surface area (Å²) in [6, 6.07) is 15.8. The van der Waals surface area contributed by atoms with E-state index in [9.17, 15) is 4.79 Å². The van der Waals surface area contributed by atoms with Crippen LogP contribution in [0.1, 0.15) is 10.4 Å². The van der Waals surface area contributed by atoms with E-state index in [0.29, 0.717) is 17.1 Å². The van der Waals surface area contributed by atoms with Gasteiger partial charge in [-0.15, -0.1) is 0 Å². The first-order valence-electron chi connectivity index (χ1n) is 5.21. The van der Waals surface area contributed by atoms with Crippen LogP contribution in [0, 0.1) is 0 Å². The topological polar surface area (TPSA) is 35.5 Å². The molecule has 0 radical (unpaired) electrons. The Bertz CT molecular complexity index is 506. The van der Waals surface area contributed by atoms with Gasteiger partial charge in [0.05, 0.1) is 12.7 Å². The van der Waals surface area contributed by atoms with Crippen molar-refractivity contribution in [2.75, 3.05) is 7.11 Å². The molecule has 0 fully saturated rings. The van der Waals surface area contributed by atoms with Crippen molar-refractivity contribution in [3.8, 4) is 11.5 Å². The van der Waals surface area contributed by atoms with Crippen molar-refractivity contribution in [3.05, 3.63) is 60.2 Å². The maximum Gasteiger partial charge on any atom is 0.343 e. The number of esters is 1. The van der Waals surface area contributed by atoms with E-state index in [0.717, 1.165) is 0 Å². The number of benzene rings is 2. The highest BCUT2D eigenvalue weighted by Crippen LogP contribution is 2.19. The number of hydrogen-bond acceptors (Lipinski definition) is 3. The molecule has 0 aliphatic rings. The van der Waals surface area contributed by atoms with Crippen LogP contribution < -0.4 is 9.47 Å². The zero-order chi connectivity index (χ0) is 12.1. The highest BCUT2D eigenvalue weighted by molar-refractivity contribution is 5.90. The molecule has 3 nitrogen and oxygen atoms in total. The number of rotatable bonds is 3. The molecular formula is C14H12O3. The summed E-state index contributed by atoms with van der Waals surface area (Å²) in [5.74, 6) is 0.750. The molecule has 2 rings (SSSR count). The van der Waals surface area contributed by atoms with Gasteiger partial charge < -0.3 is 9.47 Å². The number of ether oxygens (including phenoxy) is 2. The van der Waals surface area contributed by atoms with E-state index in [2.05, 4.69) is 0 Å². The van der Waals surface area contributed by atoms with Gasteiger partial charge in [0.15, 0.2) is 0 Å². The summed E-state index contributed by atoms with van der Waals surface area (Å²) in [6.07, 6.45) is 0. The zero-order valence-electron chi connectivity index (χ0n) is 9.42. The van der Waals surface area contributed by atoms with Crippen LogP contribution in [0.2, 0.25) is 0 Å². The van der Waals surface area contributed by atoms with E-state index in [1.807, 2.05) is 6.07 Å². The zero-order valence-corrected chi connectivity index (χ0v) is 9.42. The second-order valence-corrected chi connectivity index (χ2v) is 3.43. The Morgan fingerprint density at radius 1 is 0.941 bits per heavy atom. The second-order valence-electron chi connectivity index (χ2n) is 3.43. The molecule has 3 heteroatoms. The first kappa shape index (κ1) is 11.2. The Kier molecular flexibility index (Phi) is 3.40. The summed E-state index contributed by atoms with van der Waals surface area (Å²) in [7, 11) is 1.57. The van der Waals surface area contributed by atoms with E-state index < -0.39 is 0 Å².